The summed E-state index contributed by atoms with van der Waals surface area (Å²) in [6.45, 7) is 6.25. The number of amides is 2. The summed E-state index contributed by atoms with van der Waals surface area (Å²) in [5, 5.41) is 3.01. The Morgan fingerprint density at radius 2 is 1.60 bits per heavy atom. The van der Waals surface area contributed by atoms with Crippen molar-refractivity contribution >= 4 is 17.5 Å². The van der Waals surface area contributed by atoms with E-state index in [9.17, 15) is 9.59 Å². The Morgan fingerprint density at radius 1 is 0.967 bits per heavy atom. The van der Waals surface area contributed by atoms with E-state index in [4.69, 9.17) is 0 Å². The summed E-state index contributed by atoms with van der Waals surface area (Å²) in [7, 11) is 1.91. The Hall–Kier alpha value is -2.66. The molecule has 2 amide bonds. The second kappa shape index (κ2) is 10.4. The maximum atomic E-state index is 12.7. The van der Waals surface area contributed by atoms with Gasteiger partial charge in [-0.15, -0.1) is 0 Å². The number of nitrogens with zero attached hydrogens (tertiary/aromatic N) is 1. The van der Waals surface area contributed by atoms with Crippen molar-refractivity contribution in [2.45, 2.75) is 33.1 Å². The van der Waals surface area contributed by atoms with Gasteiger partial charge >= 0.3 is 0 Å². The normalized spacial score (nSPS) is 15.6. The van der Waals surface area contributed by atoms with Crippen molar-refractivity contribution in [1.82, 2.24) is 4.90 Å². The molecule has 0 radical (unpaired) electrons. The lowest BCUT2D eigenvalue weighted by Crippen LogP contribution is -3.11. The van der Waals surface area contributed by atoms with Gasteiger partial charge in [-0.1, -0.05) is 48.5 Å². The standard InChI is InChI=1S/C25H33N3O2/c1-19-8-7-9-20(2)25(19)26-23(29)17-27(3)18-24(30)28-14-12-22(13-15-28)16-21-10-5-4-6-11-21/h4-11,22H,12-18H2,1-3H3,(H,26,29)/p+1. The molecule has 1 unspecified atom stereocenters. The number of carbonyl (C=O) groups is 2. The van der Waals surface area contributed by atoms with Crippen LogP contribution in [0, 0.1) is 19.8 Å². The molecule has 0 aromatic heterocycles. The highest BCUT2D eigenvalue weighted by molar-refractivity contribution is 5.93. The zero-order valence-corrected chi connectivity index (χ0v) is 18.4. The quantitative estimate of drug-likeness (QED) is 0.738. The molecule has 0 saturated carbocycles. The van der Waals surface area contributed by atoms with Gasteiger partial charge in [-0.2, -0.15) is 0 Å². The second-order valence-electron chi connectivity index (χ2n) is 8.64. The van der Waals surface area contributed by atoms with Crippen molar-refractivity contribution in [2.24, 2.45) is 5.92 Å². The summed E-state index contributed by atoms with van der Waals surface area (Å²) in [6.07, 6.45) is 3.19. The first-order valence-electron chi connectivity index (χ1n) is 10.9. The fourth-order valence-corrected chi connectivity index (χ4v) is 4.24. The van der Waals surface area contributed by atoms with E-state index in [1.807, 2.05) is 50.1 Å². The average Bonchev–Trinajstić information content (AvgIpc) is 2.72. The molecule has 1 heterocycles. The number of likely N-dealkylation sites (tertiary alicyclic amines) is 1. The van der Waals surface area contributed by atoms with Crippen LogP contribution in [0.25, 0.3) is 0 Å². The number of hydrogen-bond acceptors (Lipinski definition) is 2. The lowest BCUT2D eigenvalue weighted by atomic mass is 9.90. The van der Waals surface area contributed by atoms with Gasteiger partial charge in [-0.3, -0.25) is 9.59 Å². The van der Waals surface area contributed by atoms with Crippen LogP contribution in [0.4, 0.5) is 5.69 Å². The lowest BCUT2D eigenvalue weighted by Gasteiger charge is -2.32. The van der Waals surface area contributed by atoms with Crippen LogP contribution in [0.5, 0.6) is 0 Å². The van der Waals surface area contributed by atoms with E-state index in [1.165, 1.54) is 5.56 Å². The molecule has 30 heavy (non-hydrogen) atoms. The van der Waals surface area contributed by atoms with Crippen molar-refractivity contribution in [1.29, 1.82) is 0 Å². The van der Waals surface area contributed by atoms with Crippen molar-refractivity contribution in [3.05, 3.63) is 65.2 Å². The number of carbonyl (C=O) groups excluding carboxylic acids is 2. The Labute approximate surface area is 180 Å². The number of likely N-dealkylation sites (N-methyl/N-ethyl adjacent to an activating group) is 1. The fourth-order valence-electron chi connectivity index (χ4n) is 4.24. The van der Waals surface area contributed by atoms with Crippen molar-refractivity contribution in [3.63, 3.8) is 0 Å². The molecule has 0 bridgehead atoms. The van der Waals surface area contributed by atoms with Gasteiger partial charge in [0.05, 0.1) is 7.05 Å². The van der Waals surface area contributed by atoms with E-state index in [0.29, 0.717) is 12.5 Å². The first-order valence-corrected chi connectivity index (χ1v) is 10.9. The molecule has 2 aromatic rings. The summed E-state index contributed by atoms with van der Waals surface area (Å²) in [5.74, 6) is 0.731. The van der Waals surface area contributed by atoms with Crippen molar-refractivity contribution in [2.75, 3.05) is 38.5 Å². The number of rotatable bonds is 7. The van der Waals surface area contributed by atoms with Crippen molar-refractivity contribution in [3.8, 4) is 0 Å². The van der Waals surface area contributed by atoms with Gasteiger partial charge in [-0.05, 0) is 55.7 Å². The number of aryl methyl sites for hydroxylation is 2. The minimum absolute atomic E-state index is 0.0562. The third kappa shape index (κ3) is 6.17. The van der Waals surface area contributed by atoms with Crippen LogP contribution in [0.3, 0.4) is 0 Å². The number of para-hydroxylation sites is 1. The van der Waals surface area contributed by atoms with Gasteiger partial charge in [0.25, 0.3) is 11.8 Å². The van der Waals surface area contributed by atoms with Crippen molar-refractivity contribution < 1.29 is 14.5 Å². The molecule has 2 aromatic carbocycles. The molecule has 2 N–H and O–H groups in total. The molecule has 1 fully saturated rings. The van der Waals surface area contributed by atoms with E-state index in [2.05, 4.69) is 29.6 Å². The summed E-state index contributed by atoms with van der Waals surface area (Å²) in [6, 6.07) is 16.5. The van der Waals surface area contributed by atoms with Crippen LogP contribution in [-0.4, -0.2) is 49.9 Å². The van der Waals surface area contributed by atoms with E-state index in [1.54, 1.807) is 0 Å². The van der Waals surface area contributed by atoms with E-state index in [0.717, 1.165) is 54.1 Å². The molecule has 0 spiro atoms. The maximum absolute atomic E-state index is 12.7. The third-order valence-corrected chi connectivity index (χ3v) is 6.00. The largest absolute Gasteiger partial charge is 0.338 e. The first kappa shape index (κ1) is 22.0. The van der Waals surface area contributed by atoms with Gasteiger partial charge in [0.2, 0.25) is 0 Å². The van der Waals surface area contributed by atoms with Gasteiger partial charge in [0.15, 0.2) is 13.1 Å². The molecule has 3 rings (SSSR count). The number of quaternary nitrogens is 1. The topological polar surface area (TPSA) is 53.9 Å². The number of piperidine rings is 1. The number of benzene rings is 2. The second-order valence-corrected chi connectivity index (χ2v) is 8.64. The molecule has 1 aliphatic rings. The minimum Gasteiger partial charge on any atom is -0.338 e. The highest BCUT2D eigenvalue weighted by Gasteiger charge is 2.25. The maximum Gasteiger partial charge on any atom is 0.279 e. The third-order valence-electron chi connectivity index (χ3n) is 6.00. The predicted molar refractivity (Wildman–Crippen MR) is 121 cm³/mol. The van der Waals surface area contributed by atoms with Crippen LogP contribution in [-0.2, 0) is 16.0 Å². The number of hydrogen-bond donors (Lipinski definition) is 2. The number of nitrogens with one attached hydrogen (secondary N) is 2. The Balaban J connectivity index is 1.42. The van der Waals surface area contributed by atoms with Crippen LogP contribution >= 0.6 is 0 Å². The van der Waals surface area contributed by atoms with E-state index in [-0.39, 0.29) is 18.4 Å². The minimum atomic E-state index is -0.0562. The van der Waals surface area contributed by atoms with Gasteiger partial charge in [0.1, 0.15) is 0 Å². The van der Waals surface area contributed by atoms with Gasteiger partial charge < -0.3 is 15.1 Å². The first-order chi connectivity index (χ1) is 14.4. The Kier molecular flexibility index (Phi) is 7.63. The molecular weight excluding hydrogens is 374 g/mol. The highest BCUT2D eigenvalue weighted by atomic mass is 16.2. The van der Waals surface area contributed by atoms with Gasteiger partial charge in [-0.25, -0.2) is 0 Å². The van der Waals surface area contributed by atoms with E-state index < -0.39 is 0 Å². The monoisotopic (exact) mass is 408 g/mol. The fraction of sp³-hybridized carbons (Fsp3) is 0.440. The molecule has 0 aliphatic carbocycles. The molecule has 1 atom stereocenters. The Morgan fingerprint density at radius 3 is 2.23 bits per heavy atom. The Bertz CT molecular complexity index is 838. The van der Waals surface area contributed by atoms with E-state index >= 15 is 0 Å². The zero-order valence-electron chi connectivity index (χ0n) is 18.4. The summed E-state index contributed by atoms with van der Waals surface area (Å²) in [5.41, 5.74) is 4.36. The smallest absolute Gasteiger partial charge is 0.279 e. The predicted octanol–water partition coefficient (Wildman–Crippen LogP) is 2.24. The molecular formula is C25H34N3O2+. The van der Waals surface area contributed by atoms with Crippen LogP contribution in [0.15, 0.2) is 48.5 Å². The molecule has 1 saturated heterocycles. The molecule has 5 nitrogen and oxygen atoms in total. The highest BCUT2D eigenvalue weighted by Crippen LogP contribution is 2.21. The van der Waals surface area contributed by atoms with Crippen LogP contribution in [0.1, 0.15) is 29.5 Å². The zero-order chi connectivity index (χ0) is 21.5. The summed E-state index contributed by atoms with van der Waals surface area (Å²) in [4.78, 5) is 28.0. The van der Waals surface area contributed by atoms with Gasteiger partial charge in [0, 0.05) is 18.8 Å². The van der Waals surface area contributed by atoms with Crippen LogP contribution in [0.2, 0.25) is 0 Å². The molecule has 1 aliphatic heterocycles. The average molecular weight is 409 g/mol. The SMILES string of the molecule is Cc1cccc(C)c1NC(=O)C[NH+](C)CC(=O)N1CCC(Cc2ccccc2)CC1. The molecule has 5 heteroatoms. The lowest BCUT2D eigenvalue weighted by molar-refractivity contribution is -0.862. The molecule has 160 valence electrons. The summed E-state index contributed by atoms with van der Waals surface area (Å²) >= 11 is 0. The number of anilines is 1. The van der Waals surface area contributed by atoms with Crippen LogP contribution < -0.4 is 10.2 Å². The summed E-state index contributed by atoms with van der Waals surface area (Å²) < 4.78 is 0.